The first-order chi connectivity index (χ1) is 6.22. The lowest BCUT2D eigenvalue weighted by atomic mass is 10.2. The van der Waals surface area contributed by atoms with E-state index in [0.717, 1.165) is 30.2 Å². The van der Waals surface area contributed by atoms with Crippen molar-refractivity contribution in [3.05, 3.63) is 11.1 Å². The van der Waals surface area contributed by atoms with Crippen molar-refractivity contribution in [2.75, 3.05) is 11.9 Å². The SMILES string of the molecule is CCCC(N)CNc1nc(C)cs1. The number of hydrogen-bond donors (Lipinski definition) is 2. The lowest BCUT2D eigenvalue weighted by molar-refractivity contribution is 0.627. The van der Waals surface area contributed by atoms with Crippen LogP contribution in [0.4, 0.5) is 5.13 Å². The van der Waals surface area contributed by atoms with Crippen molar-refractivity contribution < 1.29 is 0 Å². The molecule has 0 saturated carbocycles. The van der Waals surface area contributed by atoms with Gasteiger partial charge in [0.25, 0.3) is 0 Å². The largest absolute Gasteiger partial charge is 0.360 e. The number of rotatable bonds is 5. The predicted octanol–water partition coefficient (Wildman–Crippen LogP) is 1.99. The van der Waals surface area contributed by atoms with Gasteiger partial charge in [0.1, 0.15) is 0 Å². The standard InChI is InChI=1S/C9H17N3S/c1-3-4-8(10)5-11-9-12-7(2)6-13-9/h6,8H,3-5,10H2,1-2H3,(H,11,12). The van der Waals surface area contributed by atoms with Crippen molar-refractivity contribution >= 4 is 16.5 Å². The number of nitrogens with one attached hydrogen (secondary N) is 1. The molecular weight excluding hydrogens is 182 g/mol. The van der Waals surface area contributed by atoms with Crippen LogP contribution in [0.2, 0.25) is 0 Å². The molecule has 4 heteroatoms. The monoisotopic (exact) mass is 199 g/mol. The molecule has 0 spiro atoms. The first kappa shape index (κ1) is 10.5. The van der Waals surface area contributed by atoms with Gasteiger partial charge in [-0.3, -0.25) is 0 Å². The molecule has 3 N–H and O–H groups in total. The van der Waals surface area contributed by atoms with Gasteiger partial charge in [0.05, 0.1) is 5.69 Å². The van der Waals surface area contributed by atoms with Gasteiger partial charge in [-0.15, -0.1) is 11.3 Å². The number of thiazole rings is 1. The summed E-state index contributed by atoms with van der Waals surface area (Å²) >= 11 is 1.63. The Morgan fingerprint density at radius 3 is 3.00 bits per heavy atom. The zero-order valence-electron chi connectivity index (χ0n) is 8.21. The number of hydrogen-bond acceptors (Lipinski definition) is 4. The molecule has 0 aliphatic rings. The van der Waals surface area contributed by atoms with Crippen LogP contribution < -0.4 is 11.1 Å². The van der Waals surface area contributed by atoms with E-state index in [1.54, 1.807) is 11.3 Å². The van der Waals surface area contributed by atoms with E-state index >= 15 is 0 Å². The summed E-state index contributed by atoms with van der Waals surface area (Å²) in [4.78, 5) is 4.29. The van der Waals surface area contributed by atoms with E-state index in [1.807, 2.05) is 12.3 Å². The molecule has 74 valence electrons. The van der Waals surface area contributed by atoms with Gasteiger partial charge in [0.2, 0.25) is 0 Å². The Morgan fingerprint density at radius 2 is 2.46 bits per heavy atom. The Balaban J connectivity index is 2.26. The molecule has 1 aromatic heterocycles. The van der Waals surface area contributed by atoms with Gasteiger partial charge < -0.3 is 11.1 Å². The second-order valence-corrected chi connectivity index (χ2v) is 4.08. The molecule has 1 heterocycles. The quantitative estimate of drug-likeness (QED) is 0.762. The number of anilines is 1. The molecule has 1 unspecified atom stereocenters. The summed E-state index contributed by atoms with van der Waals surface area (Å²) in [6.45, 7) is 4.96. The minimum absolute atomic E-state index is 0.245. The van der Waals surface area contributed by atoms with Crippen LogP contribution in [0.5, 0.6) is 0 Å². The maximum Gasteiger partial charge on any atom is 0.182 e. The first-order valence-electron chi connectivity index (χ1n) is 4.64. The number of aryl methyl sites for hydroxylation is 1. The highest BCUT2D eigenvalue weighted by molar-refractivity contribution is 7.13. The van der Waals surface area contributed by atoms with Crippen LogP contribution in [0.25, 0.3) is 0 Å². The van der Waals surface area contributed by atoms with Gasteiger partial charge >= 0.3 is 0 Å². The molecule has 0 bridgehead atoms. The van der Waals surface area contributed by atoms with Crippen LogP contribution in [0.15, 0.2) is 5.38 Å². The van der Waals surface area contributed by atoms with Gasteiger partial charge in [-0.05, 0) is 13.3 Å². The smallest absolute Gasteiger partial charge is 0.182 e. The van der Waals surface area contributed by atoms with Gasteiger partial charge in [0, 0.05) is 18.0 Å². The van der Waals surface area contributed by atoms with Gasteiger partial charge in [-0.25, -0.2) is 4.98 Å². The summed E-state index contributed by atoms with van der Waals surface area (Å²) in [6.07, 6.45) is 2.21. The van der Waals surface area contributed by atoms with Crippen LogP contribution in [-0.2, 0) is 0 Å². The average molecular weight is 199 g/mol. The zero-order chi connectivity index (χ0) is 9.68. The Labute approximate surface area is 83.4 Å². The fraction of sp³-hybridized carbons (Fsp3) is 0.667. The highest BCUT2D eigenvalue weighted by atomic mass is 32.1. The summed E-state index contributed by atoms with van der Waals surface area (Å²) < 4.78 is 0. The van der Waals surface area contributed by atoms with Crippen molar-refractivity contribution in [1.82, 2.24) is 4.98 Å². The molecule has 0 aromatic carbocycles. The highest BCUT2D eigenvalue weighted by Crippen LogP contribution is 2.14. The van der Waals surface area contributed by atoms with Crippen molar-refractivity contribution in [2.45, 2.75) is 32.7 Å². The Bertz CT molecular complexity index is 247. The van der Waals surface area contributed by atoms with E-state index in [-0.39, 0.29) is 6.04 Å². The second kappa shape index (κ2) is 5.19. The number of nitrogens with two attached hydrogens (primary N) is 1. The van der Waals surface area contributed by atoms with Crippen molar-refractivity contribution in [2.24, 2.45) is 5.73 Å². The zero-order valence-corrected chi connectivity index (χ0v) is 9.03. The third-order valence-electron chi connectivity index (χ3n) is 1.79. The maximum atomic E-state index is 5.85. The van der Waals surface area contributed by atoms with Crippen LogP contribution in [0.1, 0.15) is 25.5 Å². The number of nitrogens with zero attached hydrogens (tertiary/aromatic N) is 1. The molecule has 0 amide bonds. The molecule has 1 atom stereocenters. The molecule has 3 nitrogen and oxygen atoms in total. The Morgan fingerprint density at radius 1 is 1.69 bits per heavy atom. The number of aromatic nitrogens is 1. The first-order valence-corrected chi connectivity index (χ1v) is 5.52. The molecule has 1 aromatic rings. The predicted molar refractivity (Wildman–Crippen MR) is 58.2 cm³/mol. The summed E-state index contributed by atoms with van der Waals surface area (Å²) in [5.74, 6) is 0. The highest BCUT2D eigenvalue weighted by Gasteiger charge is 2.02. The Kier molecular flexibility index (Phi) is 4.18. The van der Waals surface area contributed by atoms with E-state index in [9.17, 15) is 0 Å². The summed E-state index contributed by atoms with van der Waals surface area (Å²) in [6, 6.07) is 0.245. The normalized spacial score (nSPS) is 12.8. The Hall–Kier alpha value is -0.610. The minimum atomic E-state index is 0.245. The summed E-state index contributed by atoms with van der Waals surface area (Å²) in [5.41, 5.74) is 6.92. The van der Waals surface area contributed by atoms with E-state index in [0.29, 0.717) is 0 Å². The fourth-order valence-electron chi connectivity index (χ4n) is 1.13. The lowest BCUT2D eigenvalue weighted by Gasteiger charge is -2.09. The van der Waals surface area contributed by atoms with Crippen molar-refractivity contribution in [1.29, 1.82) is 0 Å². The molecule has 0 fully saturated rings. The van der Waals surface area contributed by atoms with E-state index in [1.165, 1.54) is 0 Å². The average Bonchev–Trinajstić information content (AvgIpc) is 2.49. The second-order valence-electron chi connectivity index (χ2n) is 3.22. The molecule has 1 rings (SSSR count). The maximum absolute atomic E-state index is 5.85. The van der Waals surface area contributed by atoms with E-state index < -0.39 is 0 Å². The van der Waals surface area contributed by atoms with Crippen LogP contribution in [-0.4, -0.2) is 17.6 Å². The minimum Gasteiger partial charge on any atom is -0.360 e. The fourth-order valence-corrected chi connectivity index (χ4v) is 1.82. The summed E-state index contributed by atoms with van der Waals surface area (Å²) in [7, 11) is 0. The molecule has 0 saturated heterocycles. The third-order valence-corrected chi connectivity index (χ3v) is 2.71. The molecule has 13 heavy (non-hydrogen) atoms. The lowest BCUT2D eigenvalue weighted by Crippen LogP contribution is -2.28. The van der Waals surface area contributed by atoms with Crippen molar-refractivity contribution in [3.8, 4) is 0 Å². The topological polar surface area (TPSA) is 50.9 Å². The molecule has 0 radical (unpaired) electrons. The molecule has 0 aliphatic carbocycles. The third kappa shape index (κ3) is 3.74. The van der Waals surface area contributed by atoms with Gasteiger partial charge in [-0.2, -0.15) is 0 Å². The van der Waals surface area contributed by atoms with Crippen molar-refractivity contribution in [3.63, 3.8) is 0 Å². The van der Waals surface area contributed by atoms with Crippen LogP contribution in [0.3, 0.4) is 0 Å². The van der Waals surface area contributed by atoms with Crippen LogP contribution >= 0.6 is 11.3 Å². The summed E-state index contributed by atoms with van der Waals surface area (Å²) in [5, 5.41) is 6.24. The molecule has 0 aliphatic heterocycles. The molecular formula is C9H17N3S. The van der Waals surface area contributed by atoms with E-state index in [4.69, 9.17) is 5.73 Å². The van der Waals surface area contributed by atoms with Gasteiger partial charge in [0.15, 0.2) is 5.13 Å². The van der Waals surface area contributed by atoms with Crippen LogP contribution in [0, 0.1) is 6.92 Å². The van der Waals surface area contributed by atoms with E-state index in [2.05, 4.69) is 17.2 Å². The van der Waals surface area contributed by atoms with Gasteiger partial charge in [-0.1, -0.05) is 13.3 Å².